The fourth-order valence-electron chi connectivity index (χ4n) is 2.51. The quantitative estimate of drug-likeness (QED) is 0.394. The Morgan fingerprint density at radius 3 is 2.80 bits per heavy atom. The van der Waals surface area contributed by atoms with Crippen molar-refractivity contribution < 1.29 is 13.9 Å². The van der Waals surface area contributed by atoms with Crippen LogP contribution in [-0.4, -0.2) is 22.6 Å². The molecule has 1 unspecified atom stereocenters. The van der Waals surface area contributed by atoms with Gasteiger partial charge in [-0.05, 0) is 38.1 Å². The Bertz CT molecular complexity index is 977. The summed E-state index contributed by atoms with van der Waals surface area (Å²) in [5.41, 5.74) is 0.610. The molecular formula is C18H18N2O4S. The van der Waals surface area contributed by atoms with Crippen LogP contribution in [0.4, 0.5) is 0 Å². The number of esters is 1. The zero-order valence-electron chi connectivity index (χ0n) is 14.2. The summed E-state index contributed by atoms with van der Waals surface area (Å²) in [6.07, 6.45) is 0. The first-order valence-electron chi connectivity index (χ1n) is 7.89. The number of hydrogen-bond donors (Lipinski definition) is 0. The smallest absolute Gasteiger partial charge is 0.373 e. The van der Waals surface area contributed by atoms with Gasteiger partial charge in [0.05, 0.1) is 23.3 Å². The zero-order valence-corrected chi connectivity index (χ0v) is 15.0. The van der Waals surface area contributed by atoms with Crippen molar-refractivity contribution in [3.63, 3.8) is 0 Å². The van der Waals surface area contributed by atoms with Gasteiger partial charge in [-0.25, -0.2) is 9.78 Å². The van der Waals surface area contributed by atoms with Crippen molar-refractivity contribution >= 4 is 28.6 Å². The highest BCUT2D eigenvalue weighted by Crippen LogP contribution is 2.34. The van der Waals surface area contributed by atoms with E-state index in [1.165, 1.54) is 18.9 Å². The highest BCUT2D eigenvalue weighted by Gasteiger charge is 2.19. The van der Waals surface area contributed by atoms with Crippen LogP contribution < -0.4 is 5.56 Å². The van der Waals surface area contributed by atoms with Gasteiger partial charge in [0.15, 0.2) is 5.16 Å². The molecule has 2 heterocycles. The van der Waals surface area contributed by atoms with E-state index in [1.54, 1.807) is 22.8 Å². The second-order valence-corrected chi connectivity index (χ2v) is 6.72. The van der Waals surface area contributed by atoms with E-state index < -0.39 is 5.97 Å². The minimum Gasteiger partial charge on any atom is -0.463 e. The maximum atomic E-state index is 12.7. The lowest BCUT2D eigenvalue weighted by Crippen LogP contribution is -2.22. The number of carbonyl (C=O) groups excluding carboxylic acids is 1. The van der Waals surface area contributed by atoms with E-state index in [2.05, 4.69) is 9.72 Å². The Kier molecular flexibility index (Phi) is 4.94. The number of fused-ring (bicyclic) bond motifs is 1. The molecule has 0 aliphatic rings. The fourth-order valence-corrected chi connectivity index (χ4v) is 3.56. The Hall–Kier alpha value is -2.54. The third kappa shape index (κ3) is 3.32. The summed E-state index contributed by atoms with van der Waals surface area (Å²) < 4.78 is 11.8. The van der Waals surface area contributed by atoms with Crippen LogP contribution in [0.25, 0.3) is 10.9 Å². The van der Waals surface area contributed by atoms with E-state index in [1.807, 2.05) is 32.0 Å². The summed E-state index contributed by atoms with van der Waals surface area (Å²) >= 11 is 1.42. The van der Waals surface area contributed by atoms with Gasteiger partial charge in [-0.1, -0.05) is 23.9 Å². The number of methoxy groups -OCH3 is 1. The molecule has 0 spiro atoms. The van der Waals surface area contributed by atoms with Gasteiger partial charge in [0, 0.05) is 6.54 Å². The second-order valence-electron chi connectivity index (χ2n) is 5.41. The number of aromatic nitrogens is 2. The molecule has 0 N–H and O–H groups in total. The molecule has 0 saturated carbocycles. The van der Waals surface area contributed by atoms with Crippen LogP contribution in [0.3, 0.4) is 0 Å². The number of para-hydroxylation sites is 1. The maximum absolute atomic E-state index is 12.7. The van der Waals surface area contributed by atoms with Gasteiger partial charge >= 0.3 is 5.97 Å². The van der Waals surface area contributed by atoms with Crippen molar-refractivity contribution in [2.75, 3.05) is 7.11 Å². The van der Waals surface area contributed by atoms with E-state index in [0.29, 0.717) is 28.4 Å². The third-order valence-electron chi connectivity index (χ3n) is 3.84. The molecule has 3 rings (SSSR count). The normalized spacial score (nSPS) is 12.3. The van der Waals surface area contributed by atoms with Crippen LogP contribution in [-0.2, 0) is 11.3 Å². The van der Waals surface area contributed by atoms with Gasteiger partial charge in [0.25, 0.3) is 5.56 Å². The molecule has 130 valence electrons. The van der Waals surface area contributed by atoms with Crippen LogP contribution in [0.15, 0.2) is 50.8 Å². The van der Waals surface area contributed by atoms with Crippen LogP contribution in [0.5, 0.6) is 0 Å². The first kappa shape index (κ1) is 17.3. The van der Waals surface area contributed by atoms with Crippen LogP contribution in [0.2, 0.25) is 0 Å². The van der Waals surface area contributed by atoms with Crippen LogP contribution in [0.1, 0.15) is 35.4 Å². The molecule has 0 bridgehead atoms. The molecule has 1 aromatic carbocycles. The Morgan fingerprint density at radius 1 is 1.32 bits per heavy atom. The van der Waals surface area contributed by atoms with Gasteiger partial charge in [-0.2, -0.15) is 0 Å². The summed E-state index contributed by atoms with van der Waals surface area (Å²) in [7, 11) is 1.31. The van der Waals surface area contributed by atoms with E-state index in [9.17, 15) is 9.59 Å². The van der Waals surface area contributed by atoms with Crippen molar-refractivity contribution in [3.05, 3.63) is 58.3 Å². The highest BCUT2D eigenvalue weighted by molar-refractivity contribution is 7.99. The predicted molar refractivity (Wildman–Crippen MR) is 96.0 cm³/mol. The molecule has 1 atom stereocenters. The molecule has 0 radical (unpaired) electrons. The Labute approximate surface area is 148 Å². The first-order chi connectivity index (χ1) is 12.0. The number of furan rings is 1. The molecule has 0 aliphatic heterocycles. The van der Waals surface area contributed by atoms with Gasteiger partial charge in [-0.3, -0.25) is 9.36 Å². The van der Waals surface area contributed by atoms with Gasteiger partial charge in [0.1, 0.15) is 5.76 Å². The molecule has 25 heavy (non-hydrogen) atoms. The summed E-state index contributed by atoms with van der Waals surface area (Å²) in [5.74, 6) is 0.262. The summed E-state index contributed by atoms with van der Waals surface area (Å²) in [4.78, 5) is 28.8. The third-order valence-corrected chi connectivity index (χ3v) is 4.95. The molecule has 0 fully saturated rings. The van der Waals surface area contributed by atoms with E-state index in [4.69, 9.17) is 4.42 Å². The number of thioether (sulfide) groups is 1. The lowest BCUT2D eigenvalue weighted by molar-refractivity contribution is 0.0563. The summed E-state index contributed by atoms with van der Waals surface area (Å²) in [6.45, 7) is 4.37. The lowest BCUT2D eigenvalue weighted by Gasteiger charge is -2.14. The number of rotatable bonds is 5. The van der Waals surface area contributed by atoms with Crippen LogP contribution in [0, 0.1) is 0 Å². The van der Waals surface area contributed by atoms with Crippen molar-refractivity contribution in [3.8, 4) is 0 Å². The van der Waals surface area contributed by atoms with Crippen molar-refractivity contribution in [1.82, 2.24) is 9.55 Å². The number of hydrogen-bond acceptors (Lipinski definition) is 6. The molecule has 0 aliphatic carbocycles. The van der Waals surface area contributed by atoms with Crippen molar-refractivity contribution in [2.45, 2.75) is 30.8 Å². The minimum atomic E-state index is -0.516. The summed E-state index contributed by atoms with van der Waals surface area (Å²) in [6, 6.07) is 10.6. The van der Waals surface area contributed by atoms with E-state index in [0.717, 1.165) is 0 Å². The number of nitrogens with zero attached hydrogens (tertiary/aromatic N) is 2. The van der Waals surface area contributed by atoms with E-state index >= 15 is 0 Å². The topological polar surface area (TPSA) is 74.3 Å². The predicted octanol–water partition coefficient (Wildman–Crippen LogP) is 3.65. The first-order valence-corrected chi connectivity index (χ1v) is 8.77. The average molecular weight is 358 g/mol. The van der Waals surface area contributed by atoms with Gasteiger partial charge in [0.2, 0.25) is 5.76 Å². The number of carbonyl (C=O) groups is 1. The highest BCUT2D eigenvalue weighted by atomic mass is 32.2. The van der Waals surface area contributed by atoms with Gasteiger partial charge in [-0.15, -0.1) is 0 Å². The molecule has 2 aromatic heterocycles. The van der Waals surface area contributed by atoms with Crippen molar-refractivity contribution in [2.24, 2.45) is 0 Å². The standard InChI is InChI=1S/C18H18N2O4S/c1-4-20-16(21)12-7-5-6-8-13(12)19-18(20)25-11(2)14-9-10-15(24-14)17(22)23-3/h5-11H,4H2,1-3H3. The SMILES string of the molecule is CCn1c(SC(C)c2ccc(C(=O)OC)o2)nc2ccccc2c1=O. The molecule has 7 heteroatoms. The maximum Gasteiger partial charge on any atom is 0.373 e. The Morgan fingerprint density at radius 2 is 2.08 bits per heavy atom. The number of ether oxygens (including phenoxy) is 1. The fraction of sp³-hybridized carbons (Fsp3) is 0.278. The van der Waals surface area contributed by atoms with E-state index in [-0.39, 0.29) is 16.6 Å². The second kappa shape index (κ2) is 7.14. The molecule has 0 saturated heterocycles. The lowest BCUT2D eigenvalue weighted by atomic mass is 10.2. The molecule has 3 aromatic rings. The molecular weight excluding hydrogens is 340 g/mol. The average Bonchev–Trinajstić information content (AvgIpc) is 3.12. The Balaban J connectivity index is 1.95. The number of benzene rings is 1. The summed E-state index contributed by atoms with van der Waals surface area (Å²) in [5, 5.41) is 1.10. The molecule has 0 amide bonds. The largest absolute Gasteiger partial charge is 0.463 e. The van der Waals surface area contributed by atoms with Crippen molar-refractivity contribution in [1.29, 1.82) is 0 Å². The minimum absolute atomic E-state index is 0.0579. The molecule has 6 nitrogen and oxygen atoms in total. The van der Waals surface area contributed by atoms with Gasteiger partial charge < -0.3 is 9.15 Å². The zero-order chi connectivity index (χ0) is 18.0. The van der Waals surface area contributed by atoms with Crippen LogP contribution >= 0.6 is 11.8 Å². The monoisotopic (exact) mass is 358 g/mol.